The van der Waals surface area contributed by atoms with Gasteiger partial charge in [-0.2, -0.15) is 13.1 Å². The molecule has 3 rings (SSSR count). The molecule has 1 aliphatic heterocycles. The van der Waals surface area contributed by atoms with Crippen LogP contribution in [0.2, 0.25) is 0 Å². The number of ether oxygens (including phenoxy) is 1. The number of para-hydroxylation sites is 1. The van der Waals surface area contributed by atoms with Crippen LogP contribution in [0.1, 0.15) is 5.56 Å². The minimum atomic E-state index is -3.85. The molecule has 1 heterocycles. The fraction of sp³-hybridized carbons (Fsp3) is 0.143. The summed E-state index contributed by atoms with van der Waals surface area (Å²) >= 11 is 0. The van der Waals surface area contributed by atoms with Crippen LogP contribution in [0.15, 0.2) is 36.4 Å². The molecule has 2 aromatic rings. The lowest BCUT2D eigenvalue weighted by Gasteiger charge is -2.20. The third-order valence-corrected chi connectivity index (χ3v) is 4.08. The van der Waals surface area contributed by atoms with Crippen LogP contribution in [0, 0.1) is 5.82 Å². The average Bonchev–Trinajstić information content (AvgIpc) is 2.46. The Balaban J connectivity index is 2.16. The van der Waals surface area contributed by atoms with Crippen LogP contribution in [0.5, 0.6) is 11.5 Å². The lowest BCUT2D eigenvalue weighted by atomic mass is 10.0. The first-order valence-electron chi connectivity index (χ1n) is 6.15. The number of benzene rings is 2. The Morgan fingerprint density at radius 1 is 1.24 bits per heavy atom. The van der Waals surface area contributed by atoms with Crippen molar-refractivity contribution < 1.29 is 21.7 Å². The molecular formula is C14H12FNO4S. The number of fused-ring (bicyclic) bond motifs is 1. The van der Waals surface area contributed by atoms with Gasteiger partial charge in [0.2, 0.25) is 0 Å². The second-order valence-corrected chi connectivity index (χ2v) is 5.86. The molecule has 0 spiro atoms. The normalized spacial score (nSPS) is 15.9. The van der Waals surface area contributed by atoms with Gasteiger partial charge >= 0.3 is 10.3 Å². The molecule has 0 unspecified atom stereocenters. The Labute approximate surface area is 121 Å². The molecule has 0 atom stereocenters. The lowest BCUT2D eigenvalue weighted by Crippen LogP contribution is -2.32. The van der Waals surface area contributed by atoms with Crippen molar-refractivity contribution in [1.82, 2.24) is 4.72 Å². The van der Waals surface area contributed by atoms with Crippen molar-refractivity contribution in [2.45, 2.75) is 6.54 Å². The van der Waals surface area contributed by atoms with Gasteiger partial charge < -0.3 is 8.92 Å². The maximum absolute atomic E-state index is 14.2. The minimum absolute atomic E-state index is 0.114. The summed E-state index contributed by atoms with van der Waals surface area (Å²) in [7, 11) is -2.40. The van der Waals surface area contributed by atoms with Gasteiger partial charge in [0.05, 0.1) is 7.11 Å². The van der Waals surface area contributed by atoms with E-state index in [-0.39, 0.29) is 17.9 Å². The third kappa shape index (κ3) is 2.57. The summed E-state index contributed by atoms with van der Waals surface area (Å²) in [6.45, 7) is 0.114. The zero-order valence-corrected chi connectivity index (χ0v) is 11.9. The molecule has 21 heavy (non-hydrogen) atoms. The molecule has 7 heteroatoms. The van der Waals surface area contributed by atoms with Crippen molar-refractivity contribution in [3.05, 3.63) is 47.8 Å². The van der Waals surface area contributed by atoms with Crippen molar-refractivity contribution in [1.29, 1.82) is 0 Å². The fourth-order valence-corrected chi connectivity index (χ4v) is 2.99. The van der Waals surface area contributed by atoms with E-state index in [1.807, 2.05) is 0 Å². The number of methoxy groups -OCH3 is 1. The van der Waals surface area contributed by atoms with Gasteiger partial charge in [-0.15, -0.1) is 0 Å². The molecule has 5 nitrogen and oxygen atoms in total. The quantitative estimate of drug-likeness (QED) is 0.924. The SMILES string of the molecule is COc1ccc(-c2cccc3c2OS(=O)(=O)NC3)c(F)c1. The van der Waals surface area contributed by atoms with E-state index in [1.54, 1.807) is 24.3 Å². The Morgan fingerprint density at radius 3 is 2.76 bits per heavy atom. The zero-order chi connectivity index (χ0) is 15.0. The molecule has 0 fully saturated rings. The summed E-state index contributed by atoms with van der Waals surface area (Å²) in [5.74, 6) is 0.0267. The lowest BCUT2D eigenvalue weighted by molar-refractivity contribution is 0.411. The van der Waals surface area contributed by atoms with Crippen molar-refractivity contribution in [2.24, 2.45) is 0 Å². The first-order valence-corrected chi connectivity index (χ1v) is 7.56. The van der Waals surface area contributed by atoms with Crippen LogP contribution in [-0.4, -0.2) is 15.5 Å². The molecule has 2 aromatic carbocycles. The molecule has 1 aliphatic rings. The number of rotatable bonds is 2. The first kappa shape index (κ1) is 13.8. The molecule has 110 valence electrons. The first-order chi connectivity index (χ1) is 10.00. The van der Waals surface area contributed by atoms with Crippen molar-refractivity contribution in [3.8, 4) is 22.6 Å². The Morgan fingerprint density at radius 2 is 2.05 bits per heavy atom. The van der Waals surface area contributed by atoms with Crippen LogP contribution < -0.4 is 13.6 Å². The van der Waals surface area contributed by atoms with Crippen LogP contribution in [-0.2, 0) is 16.8 Å². The van der Waals surface area contributed by atoms with E-state index in [0.29, 0.717) is 16.9 Å². The molecule has 0 saturated heterocycles. The van der Waals surface area contributed by atoms with Gasteiger partial charge in [-0.05, 0) is 12.1 Å². The van der Waals surface area contributed by atoms with E-state index in [2.05, 4.69) is 4.72 Å². The molecule has 0 radical (unpaired) electrons. The average molecular weight is 309 g/mol. The standard InChI is InChI=1S/C14H12FNO4S/c1-19-10-5-6-11(13(15)7-10)12-4-2-3-9-8-16-21(17,18)20-14(9)12/h2-7,16H,8H2,1H3. The number of hydrogen-bond acceptors (Lipinski definition) is 4. The third-order valence-electron chi connectivity index (χ3n) is 3.20. The van der Waals surface area contributed by atoms with E-state index >= 15 is 0 Å². The van der Waals surface area contributed by atoms with Crippen LogP contribution in [0.4, 0.5) is 4.39 Å². The second kappa shape index (κ2) is 5.01. The highest BCUT2D eigenvalue weighted by Gasteiger charge is 2.25. The van der Waals surface area contributed by atoms with Crippen LogP contribution in [0.25, 0.3) is 11.1 Å². The van der Waals surface area contributed by atoms with Gasteiger partial charge in [0.25, 0.3) is 0 Å². The van der Waals surface area contributed by atoms with E-state index in [9.17, 15) is 12.8 Å². The molecular weight excluding hydrogens is 297 g/mol. The van der Waals surface area contributed by atoms with Gasteiger partial charge in [-0.1, -0.05) is 18.2 Å². The maximum atomic E-state index is 14.2. The van der Waals surface area contributed by atoms with Gasteiger partial charge in [-0.25, -0.2) is 4.39 Å². The molecule has 1 N–H and O–H groups in total. The van der Waals surface area contributed by atoms with Gasteiger partial charge in [0.15, 0.2) is 5.75 Å². The van der Waals surface area contributed by atoms with Gasteiger partial charge in [0.1, 0.15) is 11.6 Å². The molecule has 0 aromatic heterocycles. The second-order valence-electron chi connectivity index (χ2n) is 4.50. The van der Waals surface area contributed by atoms with Crippen LogP contribution in [0.3, 0.4) is 0 Å². The van der Waals surface area contributed by atoms with E-state index < -0.39 is 16.1 Å². The highest BCUT2D eigenvalue weighted by atomic mass is 32.2. The van der Waals surface area contributed by atoms with Gasteiger partial charge in [0, 0.05) is 29.3 Å². The molecule has 0 bridgehead atoms. The molecule has 0 saturated carbocycles. The molecule has 0 amide bonds. The van der Waals surface area contributed by atoms with Crippen molar-refractivity contribution in [3.63, 3.8) is 0 Å². The van der Waals surface area contributed by atoms with E-state index in [4.69, 9.17) is 8.92 Å². The maximum Gasteiger partial charge on any atom is 0.382 e. The zero-order valence-electron chi connectivity index (χ0n) is 11.1. The number of nitrogens with one attached hydrogen (secondary N) is 1. The van der Waals surface area contributed by atoms with Crippen molar-refractivity contribution >= 4 is 10.3 Å². The topological polar surface area (TPSA) is 64.6 Å². The highest BCUT2D eigenvalue weighted by molar-refractivity contribution is 7.85. The van der Waals surface area contributed by atoms with E-state index in [1.165, 1.54) is 19.2 Å². The minimum Gasteiger partial charge on any atom is -0.497 e. The van der Waals surface area contributed by atoms with Crippen molar-refractivity contribution in [2.75, 3.05) is 7.11 Å². The predicted molar refractivity (Wildman–Crippen MR) is 74.8 cm³/mol. The fourth-order valence-electron chi connectivity index (χ4n) is 2.18. The van der Waals surface area contributed by atoms with Gasteiger partial charge in [-0.3, -0.25) is 0 Å². The Bertz CT molecular complexity index is 805. The molecule has 0 aliphatic carbocycles. The summed E-state index contributed by atoms with van der Waals surface area (Å²) in [4.78, 5) is 0. The highest BCUT2D eigenvalue weighted by Crippen LogP contribution is 2.37. The summed E-state index contributed by atoms with van der Waals surface area (Å²) in [6.07, 6.45) is 0. The number of halogens is 1. The summed E-state index contributed by atoms with van der Waals surface area (Å²) in [6, 6.07) is 9.44. The van der Waals surface area contributed by atoms with E-state index in [0.717, 1.165) is 0 Å². The summed E-state index contributed by atoms with van der Waals surface area (Å²) < 4.78 is 49.5. The Hall–Kier alpha value is -2.12. The largest absolute Gasteiger partial charge is 0.497 e. The van der Waals surface area contributed by atoms with Crippen LogP contribution >= 0.6 is 0 Å². The summed E-state index contributed by atoms with van der Waals surface area (Å²) in [5, 5.41) is 0. The number of hydrogen-bond donors (Lipinski definition) is 1. The smallest absolute Gasteiger partial charge is 0.382 e. The summed E-state index contributed by atoms with van der Waals surface area (Å²) in [5.41, 5.74) is 1.29. The Kier molecular flexibility index (Phi) is 3.30. The monoisotopic (exact) mass is 309 g/mol. The predicted octanol–water partition coefficient (Wildman–Crippen LogP) is 2.23.